The number of fused-ring (bicyclic) bond motifs is 2. The number of carbonyl (C=O) groups excluding carboxylic acids is 3. The van der Waals surface area contributed by atoms with Gasteiger partial charge in [-0.2, -0.15) is 0 Å². The molecule has 0 saturated heterocycles. The van der Waals surface area contributed by atoms with Crippen molar-refractivity contribution in [1.82, 2.24) is 5.32 Å². The van der Waals surface area contributed by atoms with E-state index < -0.39 is 0 Å². The van der Waals surface area contributed by atoms with Crippen LogP contribution in [0.1, 0.15) is 51.0 Å². The molecule has 27 heavy (non-hydrogen) atoms. The van der Waals surface area contributed by atoms with Gasteiger partial charge in [0, 0.05) is 17.9 Å². The third-order valence-electron chi connectivity index (χ3n) is 5.84. The van der Waals surface area contributed by atoms with Gasteiger partial charge in [-0.15, -0.1) is 0 Å². The summed E-state index contributed by atoms with van der Waals surface area (Å²) >= 11 is 0. The maximum absolute atomic E-state index is 12.3. The lowest BCUT2D eigenvalue weighted by Crippen LogP contribution is -2.41. The predicted molar refractivity (Wildman–Crippen MR) is 102 cm³/mol. The molecule has 0 spiro atoms. The molecule has 0 aliphatic heterocycles. The van der Waals surface area contributed by atoms with Crippen molar-refractivity contribution in [2.75, 3.05) is 6.61 Å². The average Bonchev–Trinajstić information content (AvgIpc) is 2.65. The van der Waals surface area contributed by atoms with E-state index in [1.54, 1.807) is 0 Å². The van der Waals surface area contributed by atoms with Gasteiger partial charge in [-0.3, -0.25) is 14.4 Å². The van der Waals surface area contributed by atoms with Gasteiger partial charge in [-0.25, -0.2) is 0 Å². The highest BCUT2D eigenvalue weighted by molar-refractivity contribution is 5.88. The van der Waals surface area contributed by atoms with Crippen LogP contribution in [0.2, 0.25) is 0 Å². The van der Waals surface area contributed by atoms with E-state index in [4.69, 9.17) is 4.74 Å². The Morgan fingerprint density at radius 3 is 2.48 bits per heavy atom. The van der Waals surface area contributed by atoms with Gasteiger partial charge in [0.2, 0.25) is 0 Å². The second-order valence-electron chi connectivity index (χ2n) is 8.00. The Bertz CT molecular complexity index is 656. The Morgan fingerprint density at radius 2 is 1.81 bits per heavy atom. The number of Topliss-reactive ketones (excluding diaryl/α,β-unsaturated/α-hetero) is 1. The quantitative estimate of drug-likeness (QED) is 0.748. The van der Waals surface area contributed by atoms with Gasteiger partial charge in [0.1, 0.15) is 5.78 Å². The van der Waals surface area contributed by atoms with E-state index in [9.17, 15) is 14.4 Å². The zero-order chi connectivity index (χ0) is 19.2. The van der Waals surface area contributed by atoms with Crippen molar-refractivity contribution in [2.45, 2.75) is 57.9 Å². The summed E-state index contributed by atoms with van der Waals surface area (Å²) in [6.07, 6.45) is 5.74. The first kappa shape index (κ1) is 19.6. The highest BCUT2D eigenvalue weighted by Crippen LogP contribution is 2.40. The number of hydrogen-bond acceptors (Lipinski definition) is 4. The standard InChI is InChI=1S/C22H29NO4/c1-15(10-11-16-6-3-2-4-7-16)23-20(24)14-27-22(26)19-12-17-8-5-9-18(13-19)21(17)25/h2-4,6-7,15,17-19H,5,8-14H2,1H3,(H,23,24)/t15-,17-,18+,19?/m1/s1. The summed E-state index contributed by atoms with van der Waals surface area (Å²) in [5.41, 5.74) is 1.24. The molecule has 1 amide bonds. The maximum Gasteiger partial charge on any atom is 0.309 e. The van der Waals surface area contributed by atoms with Crippen LogP contribution in [0, 0.1) is 17.8 Å². The molecule has 0 aromatic heterocycles. The summed E-state index contributed by atoms with van der Waals surface area (Å²) < 4.78 is 5.25. The Balaban J connectivity index is 1.37. The van der Waals surface area contributed by atoms with Gasteiger partial charge < -0.3 is 10.1 Å². The second kappa shape index (κ2) is 9.16. The molecule has 4 atom stereocenters. The van der Waals surface area contributed by atoms with Crippen molar-refractivity contribution >= 4 is 17.7 Å². The Morgan fingerprint density at radius 1 is 1.15 bits per heavy atom. The van der Waals surface area contributed by atoms with E-state index in [1.807, 2.05) is 25.1 Å². The minimum atomic E-state index is -0.327. The van der Waals surface area contributed by atoms with Crippen molar-refractivity contribution in [3.05, 3.63) is 35.9 Å². The number of esters is 1. The Hall–Kier alpha value is -2.17. The predicted octanol–water partition coefficient (Wildman–Crippen LogP) is 3.06. The number of ketones is 1. The third-order valence-corrected chi connectivity index (χ3v) is 5.84. The highest BCUT2D eigenvalue weighted by atomic mass is 16.5. The van der Waals surface area contributed by atoms with Crippen LogP contribution in [-0.2, 0) is 25.5 Å². The Labute approximate surface area is 160 Å². The van der Waals surface area contributed by atoms with Crippen LogP contribution < -0.4 is 5.32 Å². The first-order chi connectivity index (χ1) is 13.0. The number of hydrogen-bond donors (Lipinski definition) is 1. The van der Waals surface area contributed by atoms with Crippen molar-refractivity contribution in [2.24, 2.45) is 17.8 Å². The Kier molecular flexibility index (Phi) is 6.64. The average molecular weight is 371 g/mol. The lowest BCUT2D eigenvalue weighted by molar-refractivity contribution is -0.156. The number of amides is 1. The summed E-state index contributed by atoms with van der Waals surface area (Å²) in [6.45, 7) is 1.71. The van der Waals surface area contributed by atoms with E-state index in [2.05, 4.69) is 17.4 Å². The number of aryl methyl sites for hydroxylation is 1. The molecular formula is C22H29NO4. The summed E-state index contributed by atoms with van der Waals surface area (Å²) in [6, 6.07) is 10.2. The summed E-state index contributed by atoms with van der Waals surface area (Å²) in [5.74, 6) is -0.470. The molecule has 146 valence electrons. The molecule has 2 aliphatic carbocycles. The number of benzene rings is 1. The van der Waals surface area contributed by atoms with Crippen LogP contribution in [0.4, 0.5) is 0 Å². The lowest BCUT2D eigenvalue weighted by Gasteiger charge is -2.36. The van der Waals surface area contributed by atoms with Crippen LogP contribution in [0.15, 0.2) is 30.3 Å². The first-order valence-electron chi connectivity index (χ1n) is 10.1. The molecule has 0 heterocycles. The van der Waals surface area contributed by atoms with Gasteiger partial charge in [-0.05, 0) is 51.0 Å². The third kappa shape index (κ3) is 5.41. The lowest BCUT2D eigenvalue weighted by atomic mass is 9.67. The van der Waals surface area contributed by atoms with Crippen LogP contribution in [0.25, 0.3) is 0 Å². The van der Waals surface area contributed by atoms with Crippen molar-refractivity contribution in [1.29, 1.82) is 0 Å². The zero-order valence-corrected chi connectivity index (χ0v) is 16.0. The fourth-order valence-electron chi connectivity index (χ4n) is 4.34. The molecule has 1 aromatic rings. The zero-order valence-electron chi connectivity index (χ0n) is 16.0. The second-order valence-corrected chi connectivity index (χ2v) is 8.00. The highest BCUT2D eigenvalue weighted by Gasteiger charge is 2.41. The number of nitrogens with one attached hydrogen (secondary N) is 1. The smallest absolute Gasteiger partial charge is 0.309 e. The first-order valence-corrected chi connectivity index (χ1v) is 10.1. The molecule has 1 unspecified atom stereocenters. The van der Waals surface area contributed by atoms with E-state index in [0.717, 1.165) is 32.1 Å². The van der Waals surface area contributed by atoms with E-state index in [-0.39, 0.29) is 42.3 Å². The normalized spacial score (nSPS) is 25.5. The molecule has 2 aliphatic rings. The molecule has 5 heteroatoms. The van der Waals surface area contributed by atoms with Crippen molar-refractivity contribution in [3.63, 3.8) is 0 Å². The van der Waals surface area contributed by atoms with Gasteiger partial charge in [0.15, 0.2) is 6.61 Å². The number of ether oxygens (including phenoxy) is 1. The molecule has 1 aromatic carbocycles. The van der Waals surface area contributed by atoms with Crippen molar-refractivity contribution < 1.29 is 19.1 Å². The molecule has 2 saturated carbocycles. The van der Waals surface area contributed by atoms with Crippen LogP contribution in [0.3, 0.4) is 0 Å². The minimum absolute atomic E-state index is 0.0156. The minimum Gasteiger partial charge on any atom is -0.455 e. The molecule has 2 fully saturated rings. The number of rotatable bonds is 7. The maximum atomic E-state index is 12.3. The molecule has 0 radical (unpaired) electrons. The van der Waals surface area contributed by atoms with Crippen LogP contribution in [-0.4, -0.2) is 30.3 Å². The summed E-state index contributed by atoms with van der Waals surface area (Å²) in [5, 5.41) is 2.89. The van der Waals surface area contributed by atoms with Gasteiger partial charge in [0.05, 0.1) is 5.92 Å². The molecular weight excluding hydrogens is 342 g/mol. The molecule has 2 bridgehead atoms. The summed E-state index contributed by atoms with van der Waals surface area (Å²) in [4.78, 5) is 36.5. The summed E-state index contributed by atoms with van der Waals surface area (Å²) in [7, 11) is 0. The van der Waals surface area contributed by atoms with Crippen LogP contribution >= 0.6 is 0 Å². The van der Waals surface area contributed by atoms with E-state index in [0.29, 0.717) is 18.6 Å². The fourth-order valence-corrected chi connectivity index (χ4v) is 4.34. The molecule has 5 nitrogen and oxygen atoms in total. The number of carbonyl (C=O) groups is 3. The molecule has 1 N–H and O–H groups in total. The van der Waals surface area contributed by atoms with Gasteiger partial charge >= 0.3 is 5.97 Å². The topological polar surface area (TPSA) is 72.5 Å². The van der Waals surface area contributed by atoms with Gasteiger partial charge in [-0.1, -0.05) is 36.8 Å². The van der Waals surface area contributed by atoms with Gasteiger partial charge in [0.25, 0.3) is 5.91 Å². The monoisotopic (exact) mass is 371 g/mol. The largest absolute Gasteiger partial charge is 0.455 e. The fraction of sp³-hybridized carbons (Fsp3) is 0.591. The van der Waals surface area contributed by atoms with Crippen molar-refractivity contribution in [3.8, 4) is 0 Å². The van der Waals surface area contributed by atoms with E-state index in [1.165, 1.54) is 5.56 Å². The molecule has 3 rings (SSSR count). The van der Waals surface area contributed by atoms with E-state index >= 15 is 0 Å². The SMILES string of the molecule is C[C@H](CCc1ccccc1)NC(=O)COC(=O)C1C[C@H]2CCC[C@@H](C1)C2=O. The van der Waals surface area contributed by atoms with Crippen LogP contribution in [0.5, 0.6) is 0 Å².